The Balaban J connectivity index is 2.20. The Morgan fingerprint density at radius 2 is 1.95 bits per heavy atom. The second kappa shape index (κ2) is 4.91. The van der Waals surface area contributed by atoms with Crippen LogP contribution in [0.1, 0.15) is 45.1 Å². The van der Waals surface area contributed by atoms with Crippen molar-refractivity contribution in [2.24, 2.45) is 10.8 Å². The molecule has 1 aliphatic carbocycles. The third-order valence-electron chi connectivity index (χ3n) is 4.32. The standard InChI is InChI=1S/C15H20FNO2/c1-14(2)3-5-15(6-4-14,13(18)19)8-11-7-12(16)10-17-9-11/h7,9-10H,3-6,8H2,1-2H3,(H,18,19). The predicted molar refractivity (Wildman–Crippen MR) is 70.2 cm³/mol. The smallest absolute Gasteiger partial charge is 0.309 e. The van der Waals surface area contributed by atoms with E-state index in [0.717, 1.165) is 19.0 Å². The third kappa shape index (κ3) is 3.11. The molecule has 1 N–H and O–H groups in total. The molecular weight excluding hydrogens is 245 g/mol. The Morgan fingerprint density at radius 3 is 2.47 bits per heavy atom. The number of rotatable bonds is 3. The Labute approximate surface area is 112 Å². The molecule has 19 heavy (non-hydrogen) atoms. The summed E-state index contributed by atoms with van der Waals surface area (Å²) in [5.74, 6) is -1.18. The molecule has 1 saturated carbocycles. The number of carboxylic acids is 1. The van der Waals surface area contributed by atoms with Crippen molar-refractivity contribution in [2.45, 2.75) is 46.0 Å². The van der Waals surface area contributed by atoms with E-state index in [2.05, 4.69) is 18.8 Å². The van der Waals surface area contributed by atoms with Crippen LogP contribution in [0.2, 0.25) is 0 Å². The van der Waals surface area contributed by atoms with Crippen molar-refractivity contribution >= 4 is 5.97 Å². The highest BCUT2D eigenvalue weighted by atomic mass is 19.1. The summed E-state index contributed by atoms with van der Waals surface area (Å²) >= 11 is 0. The summed E-state index contributed by atoms with van der Waals surface area (Å²) < 4.78 is 13.2. The number of aromatic nitrogens is 1. The number of aliphatic carboxylic acids is 1. The van der Waals surface area contributed by atoms with Gasteiger partial charge in [0.1, 0.15) is 5.82 Å². The molecule has 0 spiro atoms. The van der Waals surface area contributed by atoms with Gasteiger partial charge in [-0.05, 0) is 49.1 Å². The number of carboxylic acid groups (broad SMARTS) is 1. The van der Waals surface area contributed by atoms with Crippen molar-refractivity contribution in [3.8, 4) is 0 Å². The fourth-order valence-electron chi connectivity index (χ4n) is 2.81. The highest BCUT2D eigenvalue weighted by Gasteiger charge is 2.44. The van der Waals surface area contributed by atoms with Gasteiger partial charge in [-0.15, -0.1) is 0 Å². The SMILES string of the molecule is CC1(C)CCC(Cc2cncc(F)c2)(C(=O)O)CC1. The van der Waals surface area contributed by atoms with Crippen molar-refractivity contribution in [2.75, 3.05) is 0 Å². The van der Waals surface area contributed by atoms with Crippen LogP contribution >= 0.6 is 0 Å². The molecule has 104 valence electrons. The lowest BCUT2D eigenvalue weighted by Crippen LogP contribution is -2.39. The number of carbonyl (C=O) groups is 1. The fraction of sp³-hybridized carbons (Fsp3) is 0.600. The molecule has 0 aliphatic heterocycles. The van der Waals surface area contributed by atoms with E-state index in [1.54, 1.807) is 6.20 Å². The summed E-state index contributed by atoms with van der Waals surface area (Å²) in [6.45, 7) is 4.34. The lowest BCUT2D eigenvalue weighted by molar-refractivity contribution is -0.152. The van der Waals surface area contributed by atoms with Gasteiger partial charge in [0, 0.05) is 6.20 Å². The normalized spacial score (nSPS) is 21.0. The van der Waals surface area contributed by atoms with Gasteiger partial charge in [-0.2, -0.15) is 0 Å². The maximum absolute atomic E-state index is 13.2. The maximum atomic E-state index is 13.2. The second-order valence-electron chi connectivity index (χ2n) is 6.44. The van der Waals surface area contributed by atoms with Gasteiger partial charge in [0.2, 0.25) is 0 Å². The van der Waals surface area contributed by atoms with Gasteiger partial charge in [-0.25, -0.2) is 4.39 Å². The van der Waals surface area contributed by atoms with Gasteiger partial charge in [0.15, 0.2) is 0 Å². The molecule has 1 fully saturated rings. The number of hydrogen-bond donors (Lipinski definition) is 1. The van der Waals surface area contributed by atoms with Crippen LogP contribution in [0.3, 0.4) is 0 Å². The first-order valence-electron chi connectivity index (χ1n) is 6.66. The molecule has 1 heterocycles. The molecule has 0 amide bonds. The highest BCUT2D eigenvalue weighted by molar-refractivity contribution is 5.75. The molecule has 4 heteroatoms. The number of pyridine rings is 1. The third-order valence-corrected chi connectivity index (χ3v) is 4.32. The molecule has 1 aliphatic rings. The van der Waals surface area contributed by atoms with E-state index < -0.39 is 17.2 Å². The fourth-order valence-corrected chi connectivity index (χ4v) is 2.81. The van der Waals surface area contributed by atoms with Gasteiger partial charge in [0.25, 0.3) is 0 Å². The minimum atomic E-state index is -0.771. The first kappa shape index (κ1) is 14.0. The summed E-state index contributed by atoms with van der Waals surface area (Å²) in [7, 11) is 0. The molecule has 2 rings (SSSR count). The van der Waals surface area contributed by atoms with Crippen molar-refractivity contribution in [3.05, 3.63) is 29.8 Å². The van der Waals surface area contributed by atoms with Gasteiger partial charge < -0.3 is 5.11 Å². The van der Waals surface area contributed by atoms with Crippen LogP contribution < -0.4 is 0 Å². The molecule has 0 unspecified atom stereocenters. The van der Waals surface area contributed by atoms with Crippen LogP contribution in [0.5, 0.6) is 0 Å². The number of halogens is 1. The molecule has 1 aromatic heterocycles. The summed E-state index contributed by atoms with van der Waals surface area (Å²) in [5.41, 5.74) is 0.117. The van der Waals surface area contributed by atoms with Crippen LogP contribution in [-0.2, 0) is 11.2 Å². The Hall–Kier alpha value is -1.45. The minimum Gasteiger partial charge on any atom is -0.481 e. The van der Waals surface area contributed by atoms with Crippen molar-refractivity contribution in [3.63, 3.8) is 0 Å². The number of nitrogens with zero attached hydrogens (tertiary/aromatic N) is 1. The van der Waals surface area contributed by atoms with E-state index in [9.17, 15) is 14.3 Å². The van der Waals surface area contributed by atoms with E-state index in [0.29, 0.717) is 24.8 Å². The van der Waals surface area contributed by atoms with E-state index in [1.807, 2.05) is 0 Å². The largest absolute Gasteiger partial charge is 0.481 e. The van der Waals surface area contributed by atoms with Crippen molar-refractivity contribution in [1.82, 2.24) is 4.98 Å². The van der Waals surface area contributed by atoms with Gasteiger partial charge in [-0.1, -0.05) is 13.8 Å². The van der Waals surface area contributed by atoms with Gasteiger partial charge in [0.05, 0.1) is 11.6 Å². The van der Waals surface area contributed by atoms with Crippen molar-refractivity contribution in [1.29, 1.82) is 0 Å². The predicted octanol–water partition coefficient (Wildman–Crippen LogP) is 3.43. The molecule has 0 radical (unpaired) electrons. The summed E-state index contributed by atoms with van der Waals surface area (Å²) in [6, 6.07) is 1.39. The van der Waals surface area contributed by atoms with E-state index in [-0.39, 0.29) is 5.41 Å². The summed E-state index contributed by atoms with van der Waals surface area (Å²) in [6.07, 6.45) is 6.14. The molecule has 0 atom stereocenters. The van der Waals surface area contributed by atoms with E-state index in [4.69, 9.17) is 0 Å². The van der Waals surface area contributed by atoms with Crippen LogP contribution in [0.25, 0.3) is 0 Å². The van der Waals surface area contributed by atoms with E-state index in [1.165, 1.54) is 6.07 Å². The lowest BCUT2D eigenvalue weighted by atomic mass is 9.63. The average Bonchev–Trinajstić information content (AvgIpc) is 2.32. The zero-order chi connectivity index (χ0) is 14.1. The topological polar surface area (TPSA) is 50.2 Å². The maximum Gasteiger partial charge on any atom is 0.309 e. The zero-order valence-corrected chi connectivity index (χ0v) is 11.4. The Kier molecular flexibility index (Phi) is 3.61. The average molecular weight is 265 g/mol. The first-order valence-corrected chi connectivity index (χ1v) is 6.66. The van der Waals surface area contributed by atoms with Gasteiger partial charge in [-0.3, -0.25) is 9.78 Å². The molecular formula is C15H20FNO2. The highest BCUT2D eigenvalue weighted by Crippen LogP contribution is 2.46. The van der Waals surface area contributed by atoms with Gasteiger partial charge >= 0.3 is 5.97 Å². The molecule has 0 bridgehead atoms. The summed E-state index contributed by atoms with van der Waals surface area (Å²) in [5, 5.41) is 9.58. The molecule has 0 saturated heterocycles. The lowest BCUT2D eigenvalue weighted by Gasteiger charge is -2.40. The van der Waals surface area contributed by atoms with Crippen LogP contribution in [0, 0.1) is 16.6 Å². The molecule has 1 aromatic rings. The quantitative estimate of drug-likeness (QED) is 0.910. The van der Waals surface area contributed by atoms with E-state index >= 15 is 0 Å². The Morgan fingerprint density at radius 1 is 1.32 bits per heavy atom. The number of hydrogen-bond acceptors (Lipinski definition) is 2. The zero-order valence-electron chi connectivity index (χ0n) is 11.4. The first-order chi connectivity index (χ1) is 8.83. The second-order valence-corrected chi connectivity index (χ2v) is 6.44. The summed E-state index contributed by atoms with van der Waals surface area (Å²) in [4.78, 5) is 15.5. The molecule has 0 aromatic carbocycles. The van der Waals surface area contributed by atoms with Crippen LogP contribution in [0.15, 0.2) is 18.5 Å². The monoisotopic (exact) mass is 265 g/mol. The Bertz CT molecular complexity index is 475. The van der Waals surface area contributed by atoms with Crippen LogP contribution in [0.4, 0.5) is 4.39 Å². The van der Waals surface area contributed by atoms with Crippen LogP contribution in [-0.4, -0.2) is 16.1 Å². The van der Waals surface area contributed by atoms with Crippen molar-refractivity contribution < 1.29 is 14.3 Å². The minimum absolute atomic E-state index is 0.207. The molecule has 3 nitrogen and oxygen atoms in total.